The topological polar surface area (TPSA) is 31.2 Å². The van der Waals surface area contributed by atoms with Gasteiger partial charge < -0.3 is 9.30 Å². The quantitative estimate of drug-likeness (QED) is 0.751. The summed E-state index contributed by atoms with van der Waals surface area (Å²) in [6.45, 7) is 1.51. The Kier molecular flexibility index (Phi) is 2.69. The van der Waals surface area contributed by atoms with Crippen molar-refractivity contribution in [1.29, 1.82) is 0 Å². The molecule has 1 fully saturated rings. The third-order valence-electron chi connectivity index (χ3n) is 3.42. The van der Waals surface area contributed by atoms with E-state index in [4.69, 9.17) is 4.74 Å². The van der Waals surface area contributed by atoms with E-state index in [1.54, 1.807) is 0 Å². The van der Waals surface area contributed by atoms with Gasteiger partial charge in [0.05, 0.1) is 0 Å². The maximum atomic E-state index is 12.3. The van der Waals surface area contributed by atoms with E-state index in [0.717, 1.165) is 36.8 Å². The molecule has 0 amide bonds. The van der Waals surface area contributed by atoms with Crippen molar-refractivity contribution >= 4 is 10.8 Å². The molecule has 0 unspecified atom stereocenters. The van der Waals surface area contributed by atoms with Crippen LogP contribution in [0.2, 0.25) is 0 Å². The molecule has 3 heteroatoms. The fourth-order valence-electron chi connectivity index (χ4n) is 2.46. The van der Waals surface area contributed by atoms with Crippen LogP contribution in [-0.2, 0) is 4.74 Å². The van der Waals surface area contributed by atoms with Crippen molar-refractivity contribution in [1.82, 2.24) is 4.57 Å². The largest absolute Gasteiger partial charge is 0.381 e. The molecule has 1 aromatic carbocycles. The van der Waals surface area contributed by atoms with E-state index in [-0.39, 0.29) is 5.56 Å². The SMILES string of the molecule is O=c1c2ccccc2ccn1C1CCOCC1. The van der Waals surface area contributed by atoms with Crippen molar-refractivity contribution in [2.75, 3.05) is 13.2 Å². The summed E-state index contributed by atoms with van der Waals surface area (Å²) in [6.07, 6.45) is 3.77. The van der Waals surface area contributed by atoms with E-state index < -0.39 is 0 Å². The lowest BCUT2D eigenvalue weighted by Crippen LogP contribution is -2.28. The zero-order chi connectivity index (χ0) is 11.7. The van der Waals surface area contributed by atoms with Gasteiger partial charge in [-0.1, -0.05) is 18.2 Å². The molecule has 1 saturated heterocycles. The second kappa shape index (κ2) is 4.34. The number of ether oxygens (including phenoxy) is 1. The van der Waals surface area contributed by atoms with E-state index in [1.165, 1.54) is 0 Å². The Labute approximate surface area is 99.6 Å². The van der Waals surface area contributed by atoms with Gasteiger partial charge in [-0.15, -0.1) is 0 Å². The highest BCUT2D eigenvalue weighted by Crippen LogP contribution is 2.20. The Hall–Kier alpha value is -1.61. The van der Waals surface area contributed by atoms with Crippen LogP contribution < -0.4 is 5.56 Å². The van der Waals surface area contributed by atoms with Crippen LogP contribution in [0, 0.1) is 0 Å². The average molecular weight is 229 g/mol. The predicted molar refractivity (Wildman–Crippen MR) is 67.3 cm³/mol. The molecule has 0 aliphatic carbocycles. The normalized spacial score (nSPS) is 17.4. The van der Waals surface area contributed by atoms with E-state index in [9.17, 15) is 4.79 Å². The number of hydrogen-bond acceptors (Lipinski definition) is 2. The Morgan fingerprint density at radius 2 is 1.88 bits per heavy atom. The van der Waals surface area contributed by atoms with Gasteiger partial charge in [0.25, 0.3) is 5.56 Å². The lowest BCUT2D eigenvalue weighted by Gasteiger charge is -2.24. The van der Waals surface area contributed by atoms with Gasteiger partial charge in [0, 0.05) is 30.8 Å². The summed E-state index contributed by atoms with van der Waals surface area (Å²) in [5.41, 5.74) is 0.120. The molecule has 0 atom stereocenters. The maximum Gasteiger partial charge on any atom is 0.258 e. The van der Waals surface area contributed by atoms with Crippen molar-refractivity contribution in [3.05, 3.63) is 46.9 Å². The van der Waals surface area contributed by atoms with E-state index in [1.807, 2.05) is 41.1 Å². The van der Waals surface area contributed by atoms with E-state index in [2.05, 4.69) is 0 Å². The van der Waals surface area contributed by atoms with Gasteiger partial charge in [-0.05, 0) is 30.4 Å². The van der Waals surface area contributed by atoms with Crippen LogP contribution in [0.5, 0.6) is 0 Å². The number of pyridine rings is 1. The Bertz CT molecular complexity index is 582. The number of fused-ring (bicyclic) bond motifs is 1. The summed E-state index contributed by atoms with van der Waals surface area (Å²) >= 11 is 0. The van der Waals surface area contributed by atoms with E-state index >= 15 is 0 Å². The second-order valence-corrected chi connectivity index (χ2v) is 4.46. The van der Waals surface area contributed by atoms with Crippen molar-refractivity contribution in [3.63, 3.8) is 0 Å². The van der Waals surface area contributed by atoms with Gasteiger partial charge >= 0.3 is 0 Å². The summed E-state index contributed by atoms with van der Waals surface area (Å²) in [4.78, 5) is 12.3. The molecule has 88 valence electrons. The highest BCUT2D eigenvalue weighted by Gasteiger charge is 2.17. The lowest BCUT2D eigenvalue weighted by atomic mass is 10.1. The van der Waals surface area contributed by atoms with Crippen molar-refractivity contribution in [2.45, 2.75) is 18.9 Å². The third kappa shape index (κ3) is 1.87. The minimum absolute atomic E-state index is 0.120. The fourth-order valence-corrected chi connectivity index (χ4v) is 2.46. The Balaban J connectivity index is 2.11. The van der Waals surface area contributed by atoms with Crippen molar-refractivity contribution < 1.29 is 4.74 Å². The number of benzene rings is 1. The highest BCUT2D eigenvalue weighted by atomic mass is 16.5. The number of nitrogens with zero attached hydrogens (tertiary/aromatic N) is 1. The first kappa shape index (κ1) is 10.5. The minimum Gasteiger partial charge on any atom is -0.381 e. The maximum absolute atomic E-state index is 12.3. The zero-order valence-corrected chi connectivity index (χ0v) is 9.63. The molecule has 3 nitrogen and oxygen atoms in total. The first-order valence-corrected chi connectivity index (χ1v) is 6.04. The Morgan fingerprint density at radius 3 is 2.71 bits per heavy atom. The molecule has 2 heterocycles. The van der Waals surface area contributed by atoms with Gasteiger partial charge in [0.1, 0.15) is 0 Å². The molecule has 0 N–H and O–H groups in total. The van der Waals surface area contributed by atoms with Crippen LogP contribution >= 0.6 is 0 Å². The molecule has 2 aromatic rings. The minimum atomic E-state index is 0.120. The van der Waals surface area contributed by atoms with Crippen LogP contribution in [0.1, 0.15) is 18.9 Å². The summed E-state index contributed by atoms with van der Waals surface area (Å²) < 4.78 is 7.20. The van der Waals surface area contributed by atoms with Crippen LogP contribution in [-0.4, -0.2) is 17.8 Å². The first-order chi connectivity index (χ1) is 8.36. The fraction of sp³-hybridized carbons (Fsp3) is 0.357. The third-order valence-corrected chi connectivity index (χ3v) is 3.42. The molecule has 0 radical (unpaired) electrons. The van der Waals surface area contributed by atoms with Gasteiger partial charge in [0.15, 0.2) is 0 Å². The molecule has 17 heavy (non-hydrogen) atoms. The highest BCUT2D eigenvalue weighted by molar-refractivity contribution is 5.81. The van der Waals surface area contributed by atoms with Gasteiger partial charge in [0.2, 0.25) is 0 Å². The number of hydrogen-bond donors (Lipinski definition) is 0. The van der Waals surface area contributed by atoms with Gasteiger partial charge in [-0.2, -0.15) is 0 Å². The predicted octanol–water partition coefficient (Wildman–Crippen LogP) is 2.35. The molecule has 3 rings (SSSR count). The molecule has 1 aromatic heterocycles. The van der Waals surface area contributed by atoms with Crippen molar-refractivity contribution in [2.24, 2.45) is 0 Å². The summed E-state index contributed by atoms with van der Waals surface area (Å²) in [5, 5.41) is 1.82. The molecular weight excluding hydrogens is 214 g/mol. The summed E-state index contributed by atoms with van der Waals surface area (Å²) in [5.74, 6) is 0. The number of aromatic nitrogens is 1. The Morgan fingerprint density at radius 1 is 1.12 bits per heavy atom. The van der Waals surface area contributed by atoms with Crippen LogP contribution in [0.3, 0.4) is 0 Å². The molecule has 1 aliphatic heterocycles. The van der Waals surface area contributed by atoms with Gasteiger partial charge in [-0.25, -0.2) is 0 Å². The summed E-state index contributed by atoms with van der Waals surface area (Å²) in [7, 11) is 0. The molecule has 0 spiro atoms. The molecular formula is C14H15NO2. The standard InChI is InChI=1S/C14H15NO2/c16-14-13-4-2-1-3-11(13)5-8-15(14)12-6-9-17-10-7-12/h1-5,8,12H,6-7,9-10H2. The van der Waals surface area contributed by atoms with Crippen molar-refractivity contribution in [3.8, 4) is 0 Å². The summed E-state index contributed by atoms with van der Waals surface area (Å²) in [6, 6.07) is 10.1. The number of rotatable bonds is 1. The lowest BCUT2D eigenvalue weighted by molar-refractivity contribution is 0.0688. The molecule has 0 saturated carbocycles. The van der Waals surface area contributed by atoms with Crippen LogP contribution in [0.4, 0.5) is 0 Å². The first-order valence-electron chi connectivity index (χ1n) is 6.04. The molecule has 0 bridgehead atoms. The van der Waals surface area contributed by atoms with Crippen LogP contribution in [0.25, 0.3) is 10.8 Å². The molecule has 1 aliphatic rings. The second-order valence-electron chi connectivity index (χ2n) is 4.46. The average Bonchev–Trinajstić information content (AvgIpc) is 2.40. The smallest absolute Gasteiger partial charge is 0.258 e. The zero-order valence-electron chi connectivity index (χ0n) is 9.63. The monoisotopic (exact) mass is 229 g/mol. The van der Waals surface area contributed by atoms with Gasteiger partial charge in [-0.3, -0.25) is 4.79 Å². The van der Waals surface area contributed by atoms with E-state index in [0.29, 0.717) is 6.04 Å². The van der Waals surface area contributed by atoms with Crippen LogP contribution in [0.15, 0.2) is 41.3 Å².